The van der Waals surface area contributed by atoms with Gasteiger partial charge in [-0.1, -0.05) is 25.1 Å². The molecule has 3 rings (SSSR count). The number of benzene rings is 1. The molecular formula is C14H18N2S. The van der Waals surface area contributed by atoms with Crippen LogP contribution in [0.15, 0.2) is 24.3 Å². The number of hydrogen-bond acceptors (Lipinski definition) is 3. The van der Waals surface area contributed by atoms with Gasteiger partial charge < -0.3 is 5.32 Å². The summed E-state index contributed by atoms with van der Waals surface area (Å²) in [6.45, 7) is 4.66. The Morgan fingerprint density at radius 3 is 3.12 bits per heavy atom. The molecule has 1 saturated heterocycles. The van der Waals surface area contributed by atoms with Crippen LogP contribution in [0.5, 0.6) is 0 Å². The van der Waals surface area contributed by atoms with Gasteiger partial charge in [-0.25, -0.2) is 0 Å². The van der Waals surface area contributed by atoms with Crippen molar-refractivity contribution < 1.29 is 0 Å². The second-order valence-corrected chi connectivity index (χ2v) is 5.76. The first-order chi connectivity index (χ1) is 8.36. The van der Waals surface area contributed by atoms with Crippen molar-refractivity contribution in [2.24, 2.45) is 5.92 Å². The molecule has 17 heavy (non-hydrogen) atoms. The first-order valence-corrected chi connectivity index (χ1v) is 7.18. The molecule has 0 bridgehead atoms. The van der Waals surface area contributed by atoms with Crippen molar-refractivity contribution in [3.05, 3.63) is 30.0 Å². The smallest absolute Gasteiger partial charge is 0.0652 e. The molecule has 1 aliphatic heterocycles. The van der Waals surface area contributed by atoms with Gasteiger partial charge in [0.2, 0.25) is 0 Å². The molecule has 2 unspecified atom stereocenters. The minimum Gasteiger partial charge on any atom is -0.316 e. The predicted octanol–water partition coefficient (Wildman–Crippen LogP) is 3.40. The molecule has 0 saturated carbocycles. The molecule has 2 heterocycles. The lowest BCUT2D eigenvalue weighted by Gasteiger charge is -2.27. The summed E-state index contributed by atoms with van der Waals surface area (Å²) in [6.07, 6.45) is 2.64. The van der Waals surface area contributed by atoms with Gasteiger partial charge in [0.05, 0.1) is 10.4 Å². The lowest BCUT2D eigenvalue weighted by molar-refractivity contribution is 0.333. The van der Waals surface area contributed by atoms with E-state index >= 15 is 0 Å². The highest BCUT2D eigenvalue weighted by atomic mass is 32.1. The molecular weight excluding hydrogens is 228 g/mol. The zero-order valence-electron chi connectivity index (χ0n) is 10.1. The Bertz CT molecular complexity index is 500. The zero-order valence-corrected chi connectivity index (χ0v) is 11.0. The van der Waals surface area contributed by atoms with Crippen LogP contribution < -0.4 is 5.32 Å². The minimum absolute atomic E-state index is 0.568. The van der Waals surface area contributed by atoms with Crippen molar-refractivity contribution in [2.75, 3.05) is 13.1 Å². The summed E-state index contributed by atoms with van der Waals surface area (Å²) in [5.74, 6) is 1.31. The SMILES string of the molecule is CC(c1nsc2ccccc12)C1CCCNC1. The second kappa shape index (κ2) is 4.75. The van der Waals surface area contributed by atoms with E-state index in [1.807, 2.05) is 0 Å². The molecule has 0 amide bonds. The predicted molar refractivity (Wildman–Crippen MR) is 73.6 cm³/mol. The third kappa shape index (κ3) is 2.09. The van der Waals surface area contributed by atoms with E-state index < -0.39 is 0 Å². The summed E-state index contributed by atoms with van der Waals surface area (Å²) < 4.78 is 6.00. The molecule has 3 heteroatoms. The average molecular weight is 246 g/mol. The van der Waals surface area contributed by atoms with E-state index in [-0.39, 0.29) is 0 Å². The van der Waals surface area contributed by atoms with E-state index in [1.165, 1.54) is 35.2 Å². The standard InChI is InChI=1S/C14H18N2S/c1-10(11-5-4-8-15-9-11)14-12-6-2-3-7-13(12)17-16-14/h2-3,6-7,10-11,15H,4-5,8-9H2,1H3. The van der Waals surface area contributed by atoms with E-state index in [4.69, 9.17) is 0 Å². The highest BCUT2D eigenvalue weighted by Crippen LogP contribution is 2.34. The Hall–Kier alpha value is -0.930. The molecule has 1 aromatic carbocycles. The Balaban J connectivity index is 1.92. The Kier molecular flexibility index (Phi) is 3.12. The topological polar surface area (TPSA) is 24.9 Å². The molecule has 0 aliphatic carbocycles. The molecule has 1 aliphatic rings. The Morgan fingerprint density at radius 1 is 1.41 bits per heavy atom. The van der Waals surface area contributed by atoms with Gasteiger partial charge in [0.1, 0.15) is 0 Å². The van der Waals surface area contributed by atoms with Gasteiger partial charge in [-0.05, 0) is 49.4 Å². The number of rotatable bonds is 2. The quantitative estimate of drug-likeness (QED) is 0.878. The van der Waals surface area contributed by atoms with Crippen LogP contribution in [-0.4, -0.2) is 17.5 Å². The van der Waals surface area contributed by atoms with Crippen molar-refractivity contribution in [3.63, 3.8) is 0 Å². The number of nitrogens with one attached hydrogen (secondary N) is 1. The van der Waals surface area contributed by atoms with Gasteiger partial charge >= 0.3 is 0 Å². The van der Waals surface area contributed by atoms with Gasteiger partial charge in [0, 0.05) is 11.3 Å². The maximum atomic E-state index is 4.68. The highest BCUT2D eigenvalue weighted by molar-refractivity contribution is 7.13. The first kappa shape index (κ1) is 11.2. The van der Waals surface area contributed by atoms with Crippen molar-refractivity contribution in [1.29, 1.82) is 0 Å². The van der Waals surface area contributed by atoms with E-state index in [0.717, 1.165) is 12.5 Å². The van der Waals surface area contributed by atoms with Gasteiger partial charge in [0.25, 0.3) is 0 Å². The second-order valence-electron chi connectivity index (χ2n) is 4.96. The summed E-state index contributed by atoms with van der Waals surface area (Å²) in [7, 11) is 0. The van der Waals surface area contributed by atoms with Crippen LogP contribution in [0.4, 0.5) is 0 Å². The molecule has 1 aromatic heterocycles. The monoisotopic (exact) mass is 246 g/mol. The lowest BCUT2D eigenvalue weighted by atomic mass is 9.84. The van der Waals surface area contributed by atoms with Gasteiger partial charge in [-0.15, -0.1) is 0 Å². The molecule has 2 atom stereocenters. The lowest BCUT2D eigenvalue weighted by Crippen LogP contribution is -2.32. The molecule has 2 nitrogen and oxygen atoms in total. The fraction of sp³-hybridized carbons (Fsp3) is 0.500. The molecule has 2 aromatic rings. The molecule has 0 spiro atoms. The molecule has 1 N–H and O–H groups in total. The summed E-state index contributed by atoms with van der Waals surface area (Å²) in [6, 6.07) is 8.59. The highest BCUT2D eigenvalue weighted by Gasteiger charge is 2.24. The van der Waals surface area contributed by atoms with Crippen LogP contribution in [0.2, 0.25) is 0 Å². The Morgan fingerprint density at radius 2 is 2.29 bits per heavy atom. The van der Waals surface area contributed by atoms with Crippen LogP contribution in [0, 0.1) is 5.92 Å². The number of nitrogens with zero attached hydrogens (tertiary/aromatic N) is 1. The fourth-order valence-electron chi connectivity index (χ4n) is 2.76. The van der Waals surface area contributed by atoms with Crippen LogP contribution in [0.3, 0.4) is 0 Å². The van der Waals surface area contributed by atoms with Gasteiger partial charge in [-0.2, -0.15) is 4.37 Å². The fourth-order valence-corrected chi connectivity index (χ4v) is 3.63. The van der Waals surface area contributed by atoms with Gasteiger partial charge in [0.15, 0.2) is 0 Å². The van der Waals surface area contributed by atoms with Crippen LogP contribution in [0.25, 0.3) is 10.1 Å². The summed E-state index contributed by atoms with van der Waals surface area (Å²) in [4.78, 5) is 0. The van der Waals surface area contributed by atoms with E-state index in [9.17, 15) is 0 Å². The summed E-state index contributed by atoms with van der Waals surface area (Å²) in [5, 5.41) is 4.86. The van der Waals surface area contributed by atoms with Crippen molar-refractivity contribution in [2.45, 2.75) is 25.7 Å². The normalized spacial score (nSPS) is 22.8. The van der Waals surface area contributed by atoms with Crippen molar-refractivity contribution in [1.82, 2.24) is 9.69 Å². The third-order valence-electron chi connectivity index (χ3n) is 3.88. The summed E-state index contributed by atoms with van der Waals surface area (Å²) >= 11 is 1.64. The molecule has 0 radical (unpaired) electrons. The number of aromatic nitrogens is 1. The number of fused-ring (bicyclic) bond motifs is 1. The van der Waals surface area contributed by atoms with Crippen molar-refractivity contribution >= 4 is 21.6 Å². The van der Waals surface area contributed by atoms with Crippen molar-refractivity contribution in [3.8, 4) is 0 Å². The zero-order chi connectivity index (χ0) is 11.7. The van der Waals surface area contributed by atoms with Gasteiger partial charge in [-0.3, -0.25) is 0 Å². The maximum absolute atomic E-state index is 4.68. The van der Waals surface area contributed by atoms with E-state index in [1.54, 1.807) is 11.5 Å². The van der Waals surface area contributed by atoms with E-state index in [0.29, 0.717) is 5.92 Å². The number of hydrogen-bond donors (Lipinski definition) is 1. The van der Waals surface area contributed by atoms with Crippen LogP contribution >= 0.6 is 11.5 Å². The third-order valence-corrected chi connectivity index (χ3v) is 4.72. The number of piperidine rings is 1. The summed E-state index contributed by atoms with van der Waals surface area (Å²) in [5.41, 5.74) is 1.30. The molecule has 90 valence electrons. The van der Waals surface area contributed by atoms with E-state index in [2.05, 4.69) is 40.9 Å². The average Bonchev–Trinajstić information content (AvgIpc) is 2.83. The first-order valence-electron chi connectivity index (χ1n) is 6.41. The largest absolute Gasteiger partial charge is 0.316 e. The van der Waals surface area contributed by atoms with Crippen LogP contribution in [0.1, 0.15) is 31.4 Å². The molecule has 1 fully saturated rings. The van der Waals surface area contributed by atoms with Crippen LogP contribution in [-0.2, 0) is 0 Å². The maximum Gasteiger partial charge on any atom is 0.0652 e. The Labute approximate surface area is 106 Å². The minimum atomic E-state index is 0.568.